The molecular weight excluding hydrogens is 228 g/mol. The lowest BCUT2D eigenvalue weighted by molar-refractivity contribution is -0.160. The average Bonchev–Trinajstić information content (AvgIpc) is 2.27. The number of benzene rings is 1. The zero-order valence-corrected chi connectivity index (χ0v) is 11.2. The number of hydrogen-bond acceptors (Lipinski definition) is 3. The van der Waals surface area contributed by atoms with Crippen LogP contribution in [0.4, 0.5) is 0 Å². The van der Waals surface area contributed by atoms with Crippen LogP contribution in [0.3, 0.4) is 0 Å². The van der Waals surface area contributed by atoms with Crippen LogP contribution in [0.15, 0.2) is 30.3 Å². The molecule has 0 aromatic heterocycles. The molecule has 0 aliphatic rings. The highest BCUT2D eigenvalue weighted by Crippen LogP contribution is 2.17. The summed E-state index contributed by atoms with van der Waals surface area (Å²) in [5, 5.41) is 0. The zero-order valence-electron chi connectivity index (χ0n) is 11.2. The van der Waals surface area contributed by atoms with E-state index in [0.29, 0.717) is 6.42 Å². The number of ether oxygens (including phenoxy) is 1. The number of carbonyl (C=O) groups is 2. The van der Waals surface area contributed by atoms with Crippen molar-refractivity contribution < 1.29 is 14.3 Å². The number of esters is 1. The van der Waals surface area contributed by atoms with Crippen molar-refractivity contribution in [3.8, 4) is 0 Å². The minimum absolute atomic E-state index is 0.198. The summed E-state index contributed by atoms with van der Waals surface area (Å²) in [7, 11) is 0. The highest BCUT2D eigenvalue weighted by Gasteiger charge is 2.25. The number of aldehydes is 1. The monoisotopic (exact) mass is 248 g/mol. The smallest absolute Gasteiger partial charge is 0.310 e. The lowest BCUT2D eigenvalue weighted by Crippen LogP contribution is -2.30. The van der Waals surface area contributed by atoms with Gasteiger partial charge in [-0.15, -0.1) is 0 Å². The summed E-state index contributed by atoms with van der Waals surface area (Å²) < 4.78 is 5.33. The van der Waals surface area contributed by atoms with E-state index in [1.54, 1.807) is 0 Å². The molecule has 3 heteroatoms. The third kappa shape index (κ3) is 5.13. The Kier molecular flexibility index (Phi) is 5.08. The van der Waals surface area contributed by atoms with E-state index >= 15 is 0 Å². The Bertz CT molecular complexity index is 390. The predicted octanol–water partition coefficient (Wildman–Crippen LogP) is 2.78. The summed E-state index contributed by atoms with van der Waals surface area (Å²) in [6.45, 7) is 5.47. The van der Waals surface area contributed by atoms with Crippen LogP contribution in [0, 0.1) is 5.92 Å². The van der Waals surface area contributed by atoms with Crippen molar-refractivity contribution in [2.45, 2.75) is 39.2 Å². The van der Waals surface area contributed by atoms with Crippen LogP contribution in [-0.4, -0.2) is 17.9 Å². The van der Waals surface area contributed by atoms with Crippen LogP contribution >= 0.6 is 0 Å². The van der Waals surface area contributed by atoms with Gasteiger partial charge < -0.3 is 9.53 Å². The minimum Gasteiger partial charge on any atom is -0.460 e. The predicted molar refractivity (Wildman–Crippen MR) is 70.2 cm³/mol. The molecule has 1 rings (SSSR count). The van der Waals surface area contributed by atoms with Gasteiger partial charge in [-0.3, -0.25) is 4.79 Å². The maximum absolute atomic E-state index is 12.0. The minimum atomic E-state index is -0.519. The van der Waals surface area contributed by atoms with E-state index in [2.05, 4.69) is 0 Å². The molecule has 0 N–H and O–H groups in total. The molecule has 0 spiro atoms. The van der Waals surface area contributed by atoms with Gasteiger partial charge in [-0.2, -0.15) is 0 Å². The third-order valence-electron chi connectivity index (χ3n) is 2.45. The maximum Gasteiger partial charge on any atom is 0.310 e. The van der Waals surface area contributed by atoms with Crippen LogP contribution in [0.2, 0.25) is 0 Å². The molecule has 1 aromatic rings. The van der Waals surface area contributed by atoms with Crippen LogP contribution in [0.5, 0.6) is 0 Å². The second kappa shape index (κ2) is 6.34. The second-order valence-corrected chi connectivity index (χ2v) is 5.32. The first kappa shape index (κ1) is 14.4. The molecule has 18 heavy (non-hydrogen) atoms. The molecule has 0 aliphatic carbocycles. The maximum atomic E-state index is 12.0. The van der Waals surface area contributed by atoms with E-state index in [0.717, 1.165) is 11.8 Å². The van der Waals surface area contributed by atoms with Crippen molar-refractivity contribution in [1.82, 2.24) is 0 Å². The normalized spacial score (nSPS) is 12.8. The van der Waals surface area contributed by atoms with Crippen molar-refractivity contribution in [3.05, 3.63) is 35.9 Å². The van der Waals surface area contributed by atoms with Gasteiger partial charge in [0, 0.05) is 6.42 Å². The standard InChI is InChI=1S/C15H20O3/c1-15(2,3)18-14(17)13(9-10-16)11-12-7-5-4-6-8-12/h4-8,10,13H,9,11H2,1-3H3. The highest BCUT2D eigenvalue weighted by molar-refractivity contribution is 5.76. The molecule has 0 aliphatic heterocycles. The fraction of sp³-hybridized carbons (Fsp3) is 0.467. The Morgan fingerprint density at radius 3 is 2.39 bits per heavy atom. The van der Waals surface area contributed by atoms with Crippen LogP contribution in [0.25, 0.3) is 0 Å². The van der Waals surface area contributed by atoms with Gasteiger partial charge in [0.05, 0.1) is 5.92 Å². The van der Waals surface area contributed by atoms with Gasteiger partial charge in [-0.1, -0.05) is 30.3 Å². The third-order valence-corrected chi connectivity index (χ3v) is 2.45. The number of hydrogen-bond donors (Lipinski definition) is 0. The van der Waals surface area contributed by atoms with E-state index < -0.39 is 11.5 Å². The van der Waals surface area contributed by atoms with Crippen LogP contribution in [0.1, 0.15) is 32.8 Å². The van der Waals surface area contributed by atoms with Crippen molar-refractivity contribution in [2.75, 3.05) is 0 Å². The molecule has 0 bridgehead atoms. The molecule has 0 saturated carbocycles. The second-order valence-electron chi connectivity index (χ2n) is 5.32. The SMILES string of the molecule is CC(C)(C)OC(=O)C(CC=O)Cc1ccccc1. The van der Waals surface area contributed by atoms with Gasteiger partial charge in [0.25, 0.3) is 0 Å². The van der Waals surface area contributed by atoms with Crippen LogP contribution < -0.4 is 0 Å². The summed E-state index contributed by atoms with van der Waals surface area (Å²) in [6.07, 6.45) is 1.51. The summed E-state index contributed by atoms with van der Waals surface area (Å²) in [5.74, 6) is -0.706. The summed E-state index contributed by atoms with van der Waals surface area (Å²) in [6, 6.07) is 9.65. The molecular formula is C15H20O3. The lowest BCUT2D eigenvalue weighted by atomic mass is 9.96. The average molecular weight is 248 g/mol. The molecule has 3 nitrogen and oxygen atoms in total. The fourth-order valence-corrected chi connectivity index (χ4v) is 1.66. The molecule has 0 amide bonds. The van der Waals surface area contributed by atoms with Gasteiger partial charge in [0.15, 0.2) is 0 Å². The molecule has 0 saturated heterocycles. The van der Waals surface area contributed by atoms with Crippen molar-refractivity contribution in [1.29, 1.82) is 0 Å². The summed E-state index contributed by atoms with van der Waals surface area (Å²) >= 11 is 0. The Morgan fingerprint density at radius 2 is 1.89 bits per heavy atom. The summed E-state index contributed by atoms with van der Waals surface area (Å²) in [5.41, 5.74) is 0.518. The number of rotatable bonds is 5. The largest absolute Gasteiger partial charge is 0.460 e. The Labute approximate surface area is 108 Å². The molecule has 0 fully saturated rings. The summed E-state index contributed by atoms with van der Waals surface area (Å²) in [4.78, 5) is 22.6. The highest BCUT2D eigenvalue weighted by atomic mass is 16.6. The molecule has 1 aromatic carbocycles. The zero-order chi connectivity index (χ0) is 13.6. The quantitative estimate of drug-likeness (QED) is 0.594. The first-order valence-electron chi connectivity index (χ1n) is 6.13. The first-order valence-corrected chi connectivity index (χ1v) is 6.13. The van der Waals surface area contributed by atoms with E-state index in [1.165, 1.54) is 0 Å². The van der Waals surface area contributed by atoms with E-state index in [1.807, 2.05) is 51.1 Å². The Balaban J connectivity index is 2.71. The Hall–Kier alpha value is -1.64. The number of carbonyl (C=O) groups excluding carboxylic acids is 2. The van der Waals surface area contributed by atoms with Crippen molar-refractivity contribution >= 4 is 12.3 Å². The van der Waals surface area contributed by atoms with Gasteiger partial charge in [-0.05, 0) is 32.8 Å². The molecule has 0 radical (unpaired) electrons. The molecule has 1 atom stereocenters. The molecule has 0 heterocycles. The van der Waals surface area contributed by atoms with Gasteiger partial charge >= 0.3 is 5.97 Å². The van der Waals surface area contributed by atoms with Crippen LogP contribution in [-0.2, 0) is 20.7 Å². The fourth-order valence-electron chi connectivity index (χ4n) is 1.66. The lowest BCUT2D eigenvalue weighted by Gasteiger charge is -2.23. The van der Waals surface area contributed by atoms with Gasteiger partial charge in [0.1, 0.15) is 11.9 Å². The first-order chi connectivity index (χ1) is 8.42. The van der Waals surface area contributed by atoms with Gasteiger partial charge in [-0.25, -0.2) is 0 Å². The molecule has 1 unspecified atom stereocenters. The van der Waals surface area contributed by atoms with E-state index in [-0.39, 0.29) is 12.4 Å². The molecule has 98 valence electrons. The van der Waals surface area contributed by atoms with Gasteiger partial charge in [0.2, 0.25) is 0 Å². The Morgan fingerprint density at radius 1 is 1.28 bits per heavy atom. The topological polar surface area (TPSA) is 43.4 Å². The van der Waals surface area contributed by atoms with E-state index in [9.17, 15) is 9.59 Å². The van der Waals surface area contributed by atoms with Crippen molar-refractivity contribution in [2.24, 2.45) is 5.92 Å². The van der Waals surface area contributed by atoms with Crippen molar-refractivity contribution in [3.63, 3.8) is 0 Å². The van der Waals surface area contributed by atoms with E-state index in [4.69, 9.17) is 4.74 Å².